The Morgan fingerprint density at radius 2 is 1.83 bits per heavy atom. The first-order valence-electron chi connectivity index (χ1n) is 10.3. The molecule has 2 fully saturated rings. The van der Waals surface area contributed by atoms with E-state index in [0.29, 0.717) is 5.75 Å². The van der Waals surface area contributed by atoms with E-state index in [1.807, 2.05) is 41.3 Å². The van der Waals surface area contributed by atoms with E-state index in [2.05, 4.69) is 38.2 Å². The van der Waals surface area contributed by atoms with Crippen molar-refractivity contribution in [2.75, 3.05) is 16.0 Å². The number of benzene rings is 2. The Morgan fingerprint density at radius 1 is 1.10 bits per heavy atom. The Hall–Kier alpha value is -2.27. The van der Waals surface area contributed by atoms with E-state index in [9.17, 15) is 9.59 Å². The van der Waals surface area contributed by atoms with E-state index in [-0.39, 0.29) is 28.5 Å². The van der Waals surface area contributed by atoms with Crippen LogP contribution in [0.4, 0.5) is 11.4 Å². The van der Waals surface area contributed by atoms with Crippen molar-refractivity contribution in [3.05, 3.63) is 59.7 Å². The van der Waals surface area contributed by atoms with Gasteiger partial charge in [-0.05, 0) is 53.6 Å². The fourth-order valence-corrected chi connectivity index (χ4v) is 4.92. The maximum absolute atomic E-state index is 12.7. The molecule has 0 radical (unpaired) electrons. The van der Waals surface area contributed by atoms with Crippen LogP contribution in [-0.2, 0) is 15.0 Å². The minimum atomic E-state index is -0.0801. The molecule has 1 saturated heterocycles. The van der Waals surface area contributed by atoms with E-state index >= 15 is 0 Å². The van der Waals surface area contributed by atoms with E-state index in [1.54, 1.807) is 11.8 Å². The summed E-state index contributed by atoms with van der Waals surface area (Å²) >= 11 is 1.63. The van der Waals surface area contributed by atoms with Gasteiger partial charge in [0, 0.05) is 17.3 Å². The molecule has 2 aliphatic rings. The normalized spacial score (nSPS) is 19.9. The number of amides is 2. The predicted molar refractivity (Wildman–Crippen MR) is 120 cm³/mol. The van der Waals surface area contributed by atoms with Gasteiger partial charge in [0.2, 0.25) is 11.8 Å². The smallest absolute Gasteiger partial charge is 0.238 e. The van der Waals surface area contributed by atoms with Gasteiger partial charge in [0.1, 0.15) is 5.37 Å². The zero-order chi connectivity index (χ0) is 20.6. The number of nitrogens with zero attached hydrogens (tertiary/aromatic N) is 1. The van der Waals surface area contributed by atoms with Gasteiger partial charge < -0.3 is 5.32 Å². The molecule has 1 N–H and O–H groups in total. The van der Waals surface area contributed by atoms with Crippen molar-refractivity contribution in [1.82, 2.24) is 0 Å². The maximum Gasteiger partial charge on any atom is 0.238 e. The lowest BCUT2D eigenvalue weighted by molar-refractivity contribution is -0.122. The molecule has 0 aromatic heterocycles. The van der Waals surface area contributed by atoms with Gasteiger partial charge >= 0.3 is 0 Å². The lowest BCUT2D eigenvalue weighted by atomic mass is 9.85. The highest BCUT2D eigenvalue weighted by Gasteiger charge is 2.34. The molecule has 2 aromatic rings. The van der Waals surface area contributed by atoms with E-state index in [0.717, 1.165) is 36.2 Å². The van der Waals surface area contributed by atoms with Gasteiger partial charge in [0.15, 0.2) is 0 Å². The van der Waals surface area contributed by atoms with Gasteiger partial charge in [-0.1, -0.05) is 51.5 Å². The van der Waals surface area contributed by atoms with Crippen LogP contribution in [0.25, 0.3) is 0 Å². The van der Waals surface area contributed by atoms with Crippen LogP contribution in [0.5, 0.6) is 0 Å². The Morgan fingerprint density at radius 3 is 2.45 bits per heavy atom. The van der Waals surface area contributed by atoms with Crippen molar-refractivity contribution in [3.8, 4) is 0 Å². The van der Waals surface area contributed by atoms with Gasteiger partial charge in [-0.25, -0.2) is 0 Å². The van der Waals surface area contributed by atoms with Crippen molar-refractivity contribution in [3.63, 3.8) is 0 Å². The molecule has 0 bridgehead atoms. The first-order valence-corrected chi connectivity index (χ1v) is 11.3. The quantitative estimate of drug-likeness (QED) is 0.726. The Labute approximate surface area is 177 Å². The lowest BCUT2D eigenvalue weighted by Crippen LogP contribution is -2.29. The fourth-order valence-electron chi connectivity index (χ4n) is 3.76. The molecule has 2 aromatic carbocycles. The highest BCUT2D eigenvalue weighted by molar-refractivity contribution is 8.00. The van der Waals surface area contributed by atoms with Gasteiger partial charge in [-0.15, -0.1) is 11.8 Å². The third-order valence-corrected chi connectivity index (χ3v) is 7.01. The second-order valence-electron chi connectivity index (χ2n) is 8.97. The maximum atomic E-state index is 12.7. The van der Waals surface area contributed by atoms with Crippen molar-refractivity contribution in [1.29, 1.82) is 0 Å². The monoisotopic (exact) mass is 408 g/mol. The highest BCUT2D eigenvalue weighted by Crippen LogP contribution is 2.42. The molecule has 0 unspecified atom stereocenters. The van der Waals surface area contributed by atoms with E-state index in [1.165, 1.54) is 5.56 Å². The van der Waals surface area contributed by atoms with Gasteiger partial charge in [0.05, 0.1) is 5.75 Å². The fraction of sp³-hybridized carbons (Fsp3) is 0.417. The molecule has 29 heavy (non-hydrogen) atoms. The Bertz CT molecular complexity index is 913. The summed E-state index contributed by atoms with van der Waals surface area (Å²) in [7, 11) is 0. The largest absolute Gasteiger partial charge is 0.326 e. The third-order valence-electron chi connectivity index (χ3n) is 5.79. The Balaban J connectivity index is 1.56. The Kier molecular flexibility index (Phi) is 5.43. The van der Waals surface area contributed by atoms with Crippen molar-refractivity contribution < 1.29 is 9.59 Å². The van der Waals surface area contributed by atoms with Gasteiger partial charge in [-0.3, -0.25) is 14.5 Å². The summed E-state index contributed by atoms with van der Waals surface area (Å²) in [4.78, 5) is 26.9. The van der Waals surface area contributed by atoms with E-state index in [4.69, 9.17) is 0 Å². The zero-order valence-corrected chi connectivity index (χ0v) is 18.1. The minimum absolute atomic E-state index is 0.0781. The number of rotatable bonds is 4. The number of hydrogen-bond donors (Lipinski definition) is 1. The second kappa shape index (κ2) is 7.86. The molecule has 5 heteroatoms. The molecule has 1 heterocycles. The van der Waals surface area contributed by atoms with Crippen LogP contribution < -0.4 is 10.2 Å². The first-order chi connectivity index (χ1) is 13.8. The molecule has 152 valence electrons. The van der Waals surface area contributed by atoms with E-state index < -0.39 is 0 Å². The molecule has 1 atom stereocenters. The summed E-state index contributed by atoms with van der Waals surface area (Å²) in [5.74, 6) is 0.842. The van der Waals surface area contributed by atoms with Crippen LogP contribution in [0, 0.1) is 5.92 Å². The molecule has 1 saturated carbocycles. The van der Waals surface area contributed by atoms with Crippen molar-refractivity contribution >= 4 is 35.0 Å². The first kappa shape index (κ1) is 20.0. The summed E-state index contributed by atoms with van der Waals surface area (Å²) in [6.45, 7) is 6.56. The van der Waals surface area contributed by atoms with Crippen LogP contribution in [0.1, 0.15) is 56.5 Å². The molecule has 1 aliphatic heterocycles. The number of hydrogen-bond acceptors (Lipinski definition) is 3. The third kappa shape index (κ3) is 4.20. The van der Waals surface area contributed by atoms with Crippen molar-refractivity contribution in [2.45, 2.75) is 50.8 Å². The summed E-state index contributed by atoms with van der Waals surface area (Å²) in [6.07, 6.45) is 3.11. The molecular weight excluding hydrogens is 380 g/mol. The molecule has 0 spiro atoms. The number of nitrogens with one attached hydrogen (secondary N) is 1. The molecule has 4 nitrogen and oxygen atoms in total. The average Bonchev–Trinajstić information content (AvgIpc) is 3.01. The van der Waals surface area contributed by atoms with Crippen LogP contribution in [0.15, 0.2) is 48.5 Å². The van der Waals surface area contributed by atoms with Crippen LogP contribution >= 0.6 is 11.8 Å². The summed E-state index contributed by atoms with van der Waals surface area (Å²) in [5.41, 5.74) is 4.09. The average molecular weight is 409 g/mol. The van der Waals surface area contributed by atoms with Gasteiger partial charge in [0.25, 0.3) is 0 Å². The molecule has 4 rings (SSSR count). The summed E-state index contributed by atoms with van der Waals surface area (Å²) < 4.78 is 0. The predicted octanol–water partition coefficient (Wildman–Crippen LogP) is 5.50. The standard InChI is InChI=1S/C24H28N2O2S/c1-24(2,3)18-10-12-20(13-11-18)26-21(27)15-29-23(26)17-8-5-9-19(14-17)25-22(28)16-6-4-7-16/h5,8-14,16,23H,4,6-7,15H2,1-3H3,(H,25,28)/t23-/m0/s1. The number of carbonyl (C=O) groups is 2. The number of anilines is 2. The SMILES string of the molecule is CC(C)(C)c1ccc(N2C(=O)CS[C@H]2c2cccc(NC(=O)C3CCC3)c2)cc1. The van der Waals surface area contributed by atoms with Crippen molar-refractivity contribution in [2.24, 2.45) is 5.92 Å². The number of thioether (sulfide) groups is 1. The lowest BCUT2D eigenvalue weighted by Gasteiger charge is -2.27. The molecule has 2 amide bonds. The van der Waals surface area contributed by atoms with Crippen LogP contribution in [-0.4, -0.2) is 17.6 Å². The summed E-state index contributed by atoms with van der Waals surface area (Å²) in [5, 5.41) is 2.97. The van der Waals surface area contributed by atoms with Crippen LogP contribution in [0.2, 0.25) is 0 Å². The second-order valence-corrected chi connectivity index (χ2v) is 10.0. The van der Waals surface area contributed by atoms with Gasteiger partial charge in [-0.2, -0.15) is 0 Å². The number of carbonyl (C=O) groups excluding carboxylic acids is 2. The molecule has 1 aliphatic carbocycles. The minimum Gasteiger partial charge on any atom is -0.326 e. The topological polar surface area (TPSA) is 49.4 Å². The highest BCUT2D eigenvalue weighted by atomic mass is 32.2. The zero-order valence-electron chi connectivity index (χ0n) is 17.3. The molecular formula is C24H28N2O2S. The van der Waals surface area contributed by atoms with Crippen LogP contribution in [0.3, 0.4) is 0 Å². The summed E-state index contributed by atoms with van der Waals surface area (Å²) in [6, 6.07) is 16.2.